The molecule has 0 bridgehead atoms. The molecule has 0 aliphatic heterocycles. The lowest BCUT2D eigenvalue weighted by atomic mass is 10.1. The number of hydrogen-bond donors (Lipinski definition) is 0. The number of halogens is 1. The lowest BCUT2D eigenvalue weighted by molar-refractivity contribution is -0.130. The number of nitrogens with zero attached hydrogens (tertiary/aromatic N) is 4. The Hall–Kier alpha value is -1.76. The van der Waals surface area contributed by atoms with Crippen LogP contribution in [0.4, 0.5) is 4.39 Å². The fourth-order valence-electron chi connectivity index (χ4n) is 1.67. The summed E-state index contributed by atoms with van der Waals surface area (Å²) in [6, 6.07) is 7.95. The Kier molecular flexibility index (Phi) is 5.74. The van der Waals surface area contributed by atoms with Crippen LogP contribution in [0.15, 0.2) is 28.6 Å². The molecule has 2 rings (SSSR count). The van der Waals surface area contributed by atoms with Gasteiger partial charge in [0.05, 0.1) is 17.5 Å². The van der Waals surface area contributed by atoms with E-state index in [9.17, 15) is 9.18 Å². The summed E-state index contributed by atoms with van der Waals surface area (Å²) in [5, 5.41) is 13.4. The standard InChI is InChI=1S/C15H15FN4OS3/c1-15(2,9-17)19(3)12(21)8-23-13-18-20(14(22)24-13)11-6-4-10(16)5-7-11/h4-7H,8H2,1-3H3. The molecular formula is C15H15FN4OS3. The Morgan fingerprint density at radius 3 is 2.71 bits per heavy atom. The first-order valence-electron chi connectivity index (χ1n) is 6.91. The van der Waals surface area contributed by atoms with Gasteiger partial charge in [0, 0.05) is 7.05 Å². The van der Waals surface area contributed by atoms with Crippen LogP contribution in [0.2, 0.25) is 0 Å². The summed E-state index contributed by atoms with van der Waals surface area (Å²) >= 11 is 7.81. The number of carbonyl (C=O) groups excluding carboxylic acids is 1. The van der Waals surface area contributed by atoms with Gasteiger partial charge in [0.15, 0.2) is 8.29 Å². The molecule has 0 aliphatic carbocycles. The molecule has 0 radical (unpaired) electrons. The average Bonchev–Trinajstić information content (AvgIpc) is 2.93. The molecule has 0 atom stereocenters. The van der Waals surface area contributed by atoms with E-state index in [2.05, 4.69) is 11.2 Å². The van der Waals surface area contributed by atoms with Gasteiger partial charge >= 0.3 is 0 Å². The van der Waals surface area contributed by atoms with Gasteiger partial charge in [-0.1, -0.05) is 23.1 Å². The van der Waals surface area contributed by atoms with Crippen molar-refractivity contribution in [2.75, 3.05) is 12.8 Å². The van der Waals surface area contributed by atoms with E-state index in [-0.39, 0.29) is 17.5 Å². The van der Waals surface area contributed by atoms with E-state index in [0.717, 1.165) is 0 Å². The highest BCUT2D eigenvalue weighted by molar-refractivity contribution is 8.01. The van der Waals surface area contributed by atoms with Crippen molar-refractivity contribution >= 4 is 41.2 Å². The van der Waals surface area contributed by atoms with Gasteiger partial charge in [-0.3, -0.25) is 4.79 Å². The van der Waals surface area contributed by atoms with Crippen molar-refractivity contribution in [3.8, 4) is 11.8 Å². The first kappa shape index (κ1) is 18.6. The lowest BCUT2D eigenvalue weighted by Gasteiger charge is -2.28. The summed E-state index contributed by atoms with van der Waals surface area (Å²) in [4.78, 5) is 13.6. The van der Waals surface area contributed by atoms with Crippen LogP contribution in [0, 0.1) is 21.1 Å². The van der Waals surface area contributed by atoms with Crippen molar-refractivity contribution in [3.05, 3.63) is 34.0 Å². The SMILES string of the molecule is CN(C(=O)CSc1nn(-c2ccc(F)cc2)c(=S)s1)C(C)(C)C#N. The van der Waals surface area contributed by atoms with Crippen LogP contribution in [-0.2, 0) is 4.79 Å². The zero-order valence-electron chi connectivity index (χ0n) is 13.3. The fraction of sp³-hybridized carbons (Fsp3) is 0.333. The molecule has 2 aromatic rings. The van der Waals surface area contributed by atoms with Crippen molar-refractivity contribution in [1.82, 2.24) is 14.7 Å². The minimum absolute atomic E-state index is 0.160. The van der Waals surface area contributed by atoms with Gasteiger partial charge in [-0.2, -0.15) is 5.26 Å². The second-order valence-corrected chi connectivity index (χ2v) is 8.28. The van der Waals surface area contributed by atoms with Crippen molar-refractivity contribution in [2.24, 2.45) is 0 Å². The number of benzene rings is 1. The second-order valence-electron chi connectivity index (χ2n) is 5.43. The van der Waals surface area contributed by atoms with Crippen LogP contribution in [-0.4, -0.2) is 38.9 Å². The lowest BCUT2D eigenvalue weighted by Crippen LogP contribution is -2.44. The van der Waals surface area contributed by atoms with Crippen LogP contribution in [0.5, 0.6) is 0 Å². The summed E-state index contributed by atoms with van der Waals surface area (Å²) in [5.74, 6) is -0.335. The number of nitriles is 1. The molecule has 0 saturated carbocycles. The molecule has 1 aromatic carbocycles. The molecule has 0 aliphatic rings. The molecule has 0 spiro atoms. The number of aromatic nitrogens is 2. The molecule has 1 aromatic heterocycles. The quantitative estimate of drug-likeness (QED) is 0.583. The van der Waals surface area contributed by atoms with Crippen molar-refractivity contribution in [1.29, 1.82) is 5.26 Å². The Morgan fingerprint density at radius 1 is 1.50 bits per heavy atom. The minimum Gasteiger partial charge on any atom is -0.327 e. The van der Waals surface area contributed by atoms with Crippen LogP contribution in [0.25, 0.3) is 5.69 Å². The molecule has 0 unspecified atom stereocenters. The number of amides is 1. The fourth-order valence-corrected chi connectivity index (χ4v) is 3.95. The first-order chi connectivity index (χ1) is 11.2. The highest BCUT2D eigenvalue weighted by atomic mass is 32.2. The second kappa shape index (κ2) is 7.42. The predicted molar refractivity (Wildman–Crippen MR) is 95.4 cm³/mol. The zero-order chi connectivity index (χ0) is 17.9. The van der Waals surface area contributed by atoms with E-state index in [1.807, 2.05) is 0 Å². The molecule has 9 heteroatoms. The smallest absolute Gasteiger partial charge is 0.234 e. The van der Waals surface area contributed by atoms with Gasteiger partial charge in [-0.15, -0.1) is 5.10 Å². The Labute approximate surface area is 152 Å². The van der Waals surface area contributed by atoms with Crippen LogP contribution in [0.3, 0.4) is 0 Å². The normalized spacial score (nSPS) is 11.1. The molecule has 24 heavy (non-hydrogen) atoms. The van der Waals surface area contributed by atoms with Gasteiger partial charge in [-0.25, -0.2) is 9.07 Å². The van der Waals surface area contributed by atoms with E-state index in [4.69, 9.17) is 17.5 Å². The van der Waals surface area contributed by atoms with Gasteiger partial charge in [0.2, 0.25) is 5.91 Å². The van der Waals surface area contributed by atoms with E-state index < -0.39 is 5.54 Å². The van der Waals surface area contributed by atoms with E-state index in [1.54, 1.807) is 33.0 Å². The number of rotatable bonds is 5. The third-order valence-corrected chi connectivity index (χ3v) is 5.76. The van der Waals surface area contributed by atoms with Crippen molar-refractivity contribution in [3.63, 3.8) is 0 Å². The van der Waals surface area contributed by atoms with Crippen molar-refractivity contribution < 1.29 is 9.18 Å². The molecule has 1 amide bonds. The highest BCUT2D eigenvalue weighted by Gasteiger charge is 2.27. The van der Waals surface area contributed by atoms with Crippen LogP contribution < -0.4 is 0 Å². The van der Waals surface area contributed by atoms with Crippen LogP contribution in [0.1, 0.15) is 13.8 Å². The Balaban J connectivity index is 2.09. The Morgan fingerprint density at radius 2 is 2.12 bits per heavy atom. The maximum absolute atomic E-state index is 13.0. The molecule has 126 valence electrons. The maximum atomic E-state index is 13.0. The van der Waals surface area contributed by atoms with Crippen molar-refractivity contribution in [2.45, 2.75) is 23.7 Å². The molecular weight excluding hydrogens is 367 g/mol. The van der Waals surface area contributed by atoms with Gasteiger partial charge in [0.25, 0.3) is 0 Å². The largest absolute Gasteiger partial charge is 0.327 e. The summed E-state index contributed by atoms with van der Waals surface area (Å²) in [7, 11) is 1.60. The predicted octanol–water partition coefficient (Wildman–Crippen LogP) is 3.66. The van der Waals surface area contributed by atoms with Gasteiger partial charge < -0.3 is 4.90 Å². The Bertz CT molecular complexity index is 836. The van der Waals surface area contributed by atoms with E-state index >= 15 is 0 Å². The number of thioether (sulfide) groups is 1. The van der Waals surface area contributed by atoms with E-state index in [0.29, 0.717) is 14.0 Å². The third kappa shape index (κ3) is 4.20. The number of hydrogen-bond acceptors (Lipinski definition) is 6. The van der Waals surface area contributed by atoms with Crippen LogP contribution >= 0.6 is 35.3 Å². The summed E-state index contributed by atoms with van der Waals surface area (Å²) in [6.45, 7) is 3.37. The molecule has 0 saturated heterocycles. The highest BCUT2D eigenvalue weighted by Crippen LogP contribution is 2.25. The first-order valence-corrected chi connectivity index (χ1v) is 9.12. The summed E-state index contributed by atoms with van der Waals surface area (Å²) in [6.07, 6.45) is 0. The molecule has 0 N–H and O–H groups in total. The monoisotopic (exact) mass is 382 g/mol. The average molecular weight is 383 g/mol. The van der Waals surface area contributed by atoms with E-state index in [1.165, 1.54) is 44.8 Å². The van der Waals surface area contributed by atoms with Gasteiger partial charge in [-0.05, 0) is 50.3 Å². The molecule has 5 nitrogen and oxygen atoms in total. The number of carbonyl (C=O) groups is 1. The third-order valence-electron chi connectivity index (χ3n) is 3.41. The molecule has 1 heterocycles. The van der Waals surface area contributed by atoms with Gasteiger partial charge in [0.1, 0.15) is 11.4 Å². The summed E-state index contributed by atoms with van der Waals surface area (Å²) < 4.78 is 15.7. The maximum Gasteiger partial charge on any atom is 0.234 e. The minimum atomic E-state index is -0.863. The summed E-state index contributed by atoms with van der Waals surface area (Å²) in [5.41, 5.74) is -0.198. The topological polar surface area (TPSA) is 61.9 Å². The molecule has 0 fully saturated rings. The zero-order valence-corrected chi connectivity index (χ0v) is 15.8.